The lowest BCUT2D eigenvalue weighted by atomic mass is 10.1. The summed E-state index contributed by atoms with van der Waals surface area (Å²) in [6.07, 6.45) is -1.05. The number of halogens is 3. The van der Waals surface area contributed by atoms with Crippen molar-refractivity contribution in [1.82, 2.24) is 5.01 Å². The zero-order valence-corrected chi connectivity index (χ0v) is 9.47. The first-order valence-corrected chi connectivity index (χ1v) is 4.59. The van der Waals surface area contributed by atoms with Crippen LogP contribution in [0.4, 0.5) is 13.2 Å². The Kier molecular flexibility index (Phi) is 5.10. The maximum absolute atomic E-state index is 12.5. The van der Waals surface area contributed by atoms with Crippen LogP contribution >= 0.6 is 0 Å². The summed E-state index contributed by atoms with van der Waals surface area (Å²) < 4.78 is 37.4. The molecule has 16 heavy (non-hydrogen) atoms. The van der Waals surface area contributed by atoms with Gasteiger partial charge in [0.2, 0.25) is 0 Å². The van der Waals surface area contributed by atoms with Crippen LogP contribution in [0.5, 0.6) is 0 Å². The summed E-state index contributed by atoms with van der Waals surface area (Å²) in [5, 5.41) is 1.05. The van der Waals surface area contributed by atoms with Crippen LogP contribution in [0.2, 0.25) is 0 Å². The van der Waals surface area contributed by atoms with Crippen LogP contribution in [0.3, 0.4) is 0 Å². The first-order chi connectivity index (χ1) is 7.23. The molecule has 0 spiro atoms. The first kappa shape index (κ1) is 14.6. The molecule has 0 aromatic heterocycles. The largest absolute Gasteiger partial charge is 0.416 e. The van der Waals surface area contributed by atoms with Crippen LogP contribution in [0.15, 0.2) is 35.2 Å². The summed E-state index contributed by atoms with van der Waals surface area (Å²) in [6.45, 7) is 2.93. The van der Waals surface area contributed by atoms with E-state index in [-0.39, 0.29) is 11.4 Å². The lowest BCUT2D eigenvalue weighted by Gasteiger charge is -2.18. The standard InChI is InChI=1S/C10H16F3N3/c1-4-7(10(11,12)13)6-9(16(3)15)8(14)5-2/h4-6H,14-15H2,1-3H3/b7-4+,8-5+,9-6+. The van der Waals surface area contributed by atoms with Gasteiger partial charge in [0.1, 0.15) is 0 Å². The smallest absolute Gasteiger partial charge is 0.397 e. The second-order valence-electron chi connectivity index (χ2n) is 3.13. The fourth-order valence-electron chi connectivity index (χ4n) is 1.01. The van der Waals surface area contributed by atoms with Gasteiger partial charge in [-0.15, -0.1) is 0 Å². The molecule has 0 saturated carbocycles. The van der Waals surface area contributed by atoms with E-state index in [0.29, 0.717) is 0 Å². The highest BCUT2D eigenvalue weighted by atomic mass is 19.4. The highest BCUT2D eigenvalue weighted by Gasteiger charge is 2.32. The van der Waals surface area contributed by atoms with Gasteiger partial charge in [-0.1, -0.05) is 12.2 Å². The molecule has 0 bridgehead atoms. The Morgan fingerprint density at radius 2 is 1.69 bits per heavy atom. The molecule has 0 atom stereocenters. The molecular weight excluding hydrogens is 219 g/mol. The minimum Gasteiger partial charge on any atom is -0.397 e. The quantitative estimate of drug-likeness (QED) is 0.447. The van der Waals surface area contributed by atoms with E-state index in [1.807, 2.05) is 0 Å². The van der Waals surface area contributed by atoms with Crippen molar-refractivity contribution in [1.29, 1.82) is 0 Å². The van der Waals surface area contributed by atoms with Gasteiger partial charge in [0, 0.05) is 7.05 Å². The molecule has 0 unspecified atom stereocenters. The lowest BCUT2D eigenvalue weighted by molar-refractivity contribution is -0.0884. The second kappa shape index (κ2) is 5.60. The van der Waals surface area contributed by atoms with Gasteiger partial charge in [-0.05, 0) is 19.9 Å². The summed E-state index contributed by atoms with van der Waals surface area (Å²) in [5.41, 5.74) is 5.06. The minimum absolute atomic E-state index is 0.118. The molecule has 0 aliphatic heterocycles. The molecule has 0 aromatic carbocycles. The van der Waals surface area contributed by atoms with Crippen LogP contribution < -0.4 is 11.6 Å². The Bertz CT molecular complexity index is 325. The molecule has 0 aliphatic rings. The lowest BCUT2D eigenvalue weighted by Crippen LogP contribution is -2.29. The van der Waals surface area contributed by atoms with Crippen molar-refractivity contribution in [3.05, 3.63) is 35.2 Å². The summed E-state index contributed by atoms with van der Waals surface area (Å²) in [6, 6.07) is 0. The summed E-state index contributed by atoms with van der Waals surface area (Å²) in [7, 11) is 1.42. The fourth-order valence-corrected chi connectivity index (χ4v) is 1.01. The van der Waals surface area contributed by atoms with Gasteiger partial charge in [-0.2, -0.15) is 13.2 Å². The van der Waals surface area contributed by atoms with Crippen LogP contribution in [0.25, 0.3) is 0 Å². The Balaban J connectivity index is 5.38. The third-order valence-corrected chi connectivity index (χ3v) is 1.92. The van der Waals surface area contributed by atoms with Crippen molar-refractivity contribution in [2.75, 3.05) is 7.05 Å². The van der Waals surface area contributed by atoms with Crippen molar-refractivity contribution < 1.29 is 13.2 Å². The second-order valence-corrected chi connectivity index (χ2v) is 3.13. The van der Waals surface area contributed by atoms with E-state index in [2.05, 4.69) is 0 Å². The van der Waals surface area contributed by atoms with Crippen LogP contribution in [-0.2, 0) is 0 Å². The van der Waals surface area contributed by atoms with Gasteiger partial charge in [-0.25, -0.2) is 5.84 Å². The minimum atomic E-state index is -4.41. The predicted octanol–water partition coefficient (Wildman–Crippen LogP) is 2.05. The number of nitrogens with two attached hydrogens (primary N) is 2. The molecule has 0 fully saturated rings. The van der Waals surface area contributed by atoms with E-state index < -0.39 is 11.7 Å². The molecule has 0 radical (unpaired) electrons. The Labute approximate surface area is 92.9 Å². The van der Waals surface area contributed by atoms with E-state index in [0.717, 1.165) is 17.2 Å². The average Bonchev–Trinajstić information content (AvgIpc) is 2.15. The Hall–Kier alpha value is -1.43. The van der Waals surface area contributed by atoms with Crippen molar-refractivity contribution in [2.24, 2.45) is 11.6 Å². The number of hydrogen-bond acceptors (Lipinski definition) is 3. The van der Waals surface area contributed by atoms with Crippen molar-refractivity contribution in [3.63, 3.8) is 0 Å². The molecule has 4 N–H and O–H groups in total. The SMILES string of the molecule is C\C=C(N)/C(=C\C(=C/C)C(F)(F)F)N(C)N. The van der Waals surface area contributed by atoms with Crippen molar-refractivity contribution in [2.45, 2.75) is 20.0 Å². The molecule has 0 rings (SSSR count). The molecular formula is C10H16F3N3. The molecule has 6 heteroatoms. The molecule has 3 nitrogen and oxygen atoms in total. The highest BCUT2D eigenvalue weighted by molar-refractivity contribution is 5.35. The first-order valence-electron chi connectivity index (χ1n) is 4.59. The zero-order valence-electron chi connectivity index (χ0n) is 9.47. The van der Waals surface area contributed by atoms with E-state index in [1.165, 1.54) is 20.0 Å². The topological polar surface area (TPSA) is 55.3 Å². The number of nitrogens with zero attached hydrogens (tertiary/aromatic N) is 1. The maximum atomic E-state index is 12.5. The van der Waals surface area contributed by atoms with Gasteiger partial charge >= 0.3 is 6.18 Å². The normalized spacial score (nSPS) is 15.3. The Morgan fingerprint density at radius 3 is 1.94 bits per heavy atom. The van der Waals surface area contributed by atoms with Gasteiger partial charge in [0.25, 0.3) is 0 Å². The molecule has 0 saturated heterocycles. The van der Waals surface area contributed by atoms with E-state index in [4.69, 9.17) is 11.6 Å². The summed E-state index contributed by atoms with van der Waals surface area (Å²) >= 11 is 0. The molecule has 0 heterocycles. The van der Waals surface area contributed by atoms with Crippen LogP contribution in [-0.4, -0.2) is 18.2 Å². The zero-order chi connectivity index (χ0) is 12.9. The number of likely N-dealkylation sites (N-methyl/N-ethyl adjacent to an activating group) is 1. The number of alkyl halides is 3. The average molecular weight is 235 g/mol. The summed E-state index contributed by atoms with van der Waals surface area (Å²) in [5.74, 6) is 5.41. The number of hydrogen-bond donors (Lipinski definition) is 2. The van der Waals surface area contributed by atoms with E-state index in [1.54, 1.807) is 6.92 Å². The molecule has 0 aromatic rings. The number of rotatable bonds is 3. The molecule has 0 amide bonds. The van der Waals surface area contributed by atoms with Crippen LogP contribution in [0, 0.1) is 0 Å². The monoisotopic (exact) mass is 235 g/mol. The van der Waals surface area contributed by atoms with E-state index >= 15 is 0 Å². The number of hydrazine groups is 1. The predicted molar refractivity (Wildman–Crippen MR) is 57.8 cm³/mol. The third-order valence-electron chi connectivity index (χ3n) is 1.92. The van der Waals surface area contributed by atoms with Crippen molar-refractivity contribution >= 4 is 0 Å². The number of allylic oxidation sites excluding steroid dienone is 4. The van der Waals surface area contributed by atoms with Gasteiger partial charge in [0.15, 0.2) is 0 Å². The summed E-state index contributed by atoms with van der Waals surface area (Å²) in [4.78, 5) is 0. The van der Waals surface area contributed by atoms with Crippen LogP contribution in [0.1, 0.15) is 13.8 Å². The molecule has 92 valence electrons. The van der Waals surface area contributed by atoms with Gasteiger partial charge in [0.05, 0.1) is 17.0 Å². The Morgan fingerprint density at radius 1 is 1.19 bits per heavy atom. The van der Waals surface area contributed by atoms with Crippen molar-refractivity contribution in [3.8, 4) is 0 Å². The van der Waals surface area contributed by atoms with Gasteiger partial charge in [-0.3, -0.25) is 0 Å². The molecule has 0 aliphatic carbocycles. The van der Waals surface area contributed by atoms with E-state index in [9.17, 15) is 13.2 Å². The maximum Gasteiger partial charge on any atom is 0.416 e. The third kappa shape index (κ3) is 3.98. The van der Waals surface area contributed by atoms with Gasteiger partial charge < -0.3 is 10.7 Å². The fraction of sp³-hybridized carbons (Fsp3) is 0.400. The highest BCUT2D eigenvalue weighted by Crippen LogP contribution is 2.28.